The van der Waals surface area contributed by atoms with Gasteiger partial charge in [-0.1, -0.05) is 6.07 Å². The molecule has 2 aliphatic rings. The molecule has 0 saturated carbocycles. The van der Waals surface area contributed by atoms with Crippen molar-refractivity contribution in [3.63, 3.8) is 0 Å². The Morgan fingerprint density at radius 3 is 2.27 bits per heavy atom. The SMILES string of the molecule is CC(=O)O.CC(=O)O.COc1ccc(CNC(=O)CN2CC3CNCC3(CO)C2)cc1OC. The van der Waals surface area contributed by atoms with Crippen LogP contribution >= 0.6 is 0 Å². The largest absolute Gasteiger partial charge is 0.493 e. The van der Waals surface area contributed by atoms with Gasteiger partial charge in [-0.3, -0.25) is 19.3 Å². The Kier molecular flexibility index (Phi) is 11.6. The predicted molar refractivity (Wildman–Crippen MR) is 120 cm³/mol. The summed E-state index contributed by atoms with van der Waals surface area (Å²) in [5.41, 5.74) is 0.879. The van der Waals surface area contributed by atoms with E-state index in [0.717, 1.165) is 45.6 Å². The van der Waals surface area contributed by atoms with Crippen molar-refractivity contribution in [2.75, 3.05) is 53.6 Å². The second-order valence-electron chi connectivity index (χ2n) is 8.02. The van der Waals surface area contributed by atoms with Gasteiger partial charge >= 0.3 is 0 Å². The standard InChI is InChI=1S/C18H27N3O4.2C2H4O2/c1-24-15-4-3-13(5-16(15)25-2)6-20-17(23)9-21-8-14-7-19-10-18(14,11-21)12-22;2*1-2(3)4/h3-5,14,19,22H,6-12H2,1-2H3,(H,20,23);2*1H3,(H,3,4). The summed E-state index contributed by atoms with van der Waals surface area (Å²) in [6.45, 7) is 6.54. The van der Waals surface area contributed by atoms with Crippen molar-refractivity contribution in [3.05, 3.63) is 23.8 Å². The molecule has 11 heteroatoms. The van der Waals surface area contributed by atoms with Crippen molar-refractivity contribution in [2.24, 2.45) is 11.3 Å². The normalized spacial score (nSPS) is 20.9. The number of carbonyl (C=O) groups excluding carboxylic acids is 1. The van der Waals surface area contributed by atoms with Gasteiger partial charge in [-0.2, -0.15) is 0 Å². The minimum absolute atomic E-state index is 0.00388. The molecule has 2 atom stereocenters. The lowest BCUT2D eigenvalue weighted by Gasteiger charge is -2.25. The van der Waals surface area contributed by atoms with Crippen LogP contribution in [-0.2, 0) is 20.9 Å². The molecule has 2 unspecified atom stereocenters. The number of carboxylic acids is 2. The van der Waals surface area contributed by atoms with Crippen LogP contribution in [0.1, 0.15) is 19.4 Å². The third-order valence-corrected chi connectivity index (χ3v) is 5.37. The third-order valence-electron chi connectivity index (χ3n) is 5.37. The van der Waals surface area contributed by atoms with Gasteiger partial charge in [0.2, 0.25) is 5.91 Å². The molecule has 0 radical (unpaired) electrons. The van der Waals surface area contributed by atoms with Crippen LogP contribution in [0.3, 0.4) is 0 Å². The molecule has 186 valence electrons. The van der Waals surface area contributed by atoms with Crippen LogP contribution in [0.4, 0.5) is 0 Å². The van der Waals surface area contributed by atoms with Gasteiger partial charge in [0, 0.05) is 45.4 Å². The van der Waals surface area contributed by atoms with Gasteiger partial charge in [-0.15, -0.1) is 0 Å². The highest BCUT2D eigenvalue weighted by Gasteiger charge is 2.49. The molecule has 0 aromatic heterocycles. The maximum absolute atomic E-state index is 12.3. The Balaban J connectivity index is 0.000000591. The van der Waals surface area contributed by atoms with E-state index in [2.05, 4.69) is 15.5 Å². The Hall–Kier alpha value is -2.89. The number of carboxylic acid groups (broad SMARTS) is 2. The molecular formula is C22H35N3O8. The molecule has 2 aliphatic heterocycles. The van der Waals surface area contributed by atoms with Crippen LogP contribution in [-0.4, -0.2) is 91.6 Å². The fourth-order valence-electron chi connectivity index (χ4n) is 3.93. The van der Waals surface area contributed by atoms with Crippen LogP contribution in [0.2, 0.25) is 0 Å². The number of ether oxygens (including phenoxy) is 2. The first-order chi connectivity index (χ1) is 15.6. The highest BCUT2D eigenvalue weighted by Crippen LogP contribution is 2.38. The lowest BCUT2D eigenvalue weighted by molar-refractivity contribution is -0.135. The van der Waals surface area contributed by atoms with Crippen LogP contribution in [0.15, 0.2) is 18.2 Å². The van der Waals surface area contributed by atoms with Gasteiger partial charge in [0.25, 0.3) is 11.9 Å². The highest BCUT2D eigenvalue weighted by atomic mass is 16.5. The molecule has 5 N–H and O–H groups in total. The Morgan fingerprint density at radius 2 is 1.76 bits per heavy atom. The average molecular weight is 470 g/mol. The summed E-state index contributed by atoms with van der Waals surface area (Å²) in [6.07, 6.45) is 0. The zero-order chi connectivity index (χ0) is 25.0. The monoisotopic (exact) mass is 469 g/mol. The molecule has 2 heterocycles. The second kappa shape index (κ2) is 13.6. The number of methoxy groups -OCH3 is 2. The molecule has 1 amide bonds. The van der Waals surface area contributed by atoms with E-state index in [1.54, 1.807) is 14.2 Å². The minimum Gasteiger partial charge on any atom is -0.493 e. The summed E-state index contributed by atoms with van der Waals surface area (Å²) in [5.74, 6) is 0.0788. The van der Waals surface area contributed by atoms with E-state index in [9.17, 15) is 9.90 Å². The maximum atomic E-state index is 12.3. The zero-order valence-corrected chi connectivity index (χ0v) is 19.6. The molecular weight excluding hydrogens is 434 g/mol. The second-order valence-corrected chi connectivity index (χ2v) is 8.02. The first-order valence-electron chi connectivity index (χ1n) is 10.5. The van der Waals surface area contributed by atoms with Gasteiger partial charge in [0.15, 0.2) is 11.5 Å². The molecule has 2 saturated heterocycles. The summed E-state index contributed by atoms with van der Waals surface area (Å²) in [4.78, 5) is 32.4. The number of fused-ring (bicyclic) bond motifs is 1. The summed E-state index contributed by atoms with van der Waals surface area (Å²) in [6, 6.07) is 5.61. The third kappa shape index (κ3) is 9.24. The van der Waals surface area contributed by atoms with Gasteiger partial charge in [-0.25, -0.2) is 0 Å². The van der Waals surface area contributed by atoms with Crippen molar-refractivity contribution in [2.45, 2.75) is 20.4 Å². The van der Waals surface area contributed by atoms with E-state index in [1.807, 2.05) is 18.2 Å². The van der Waals surface area contributed by atoms with Crippen molar-refractivity contribution in [1.82, 2.24) is 15.5 Å². The Morgan fingerprint density at radius 1 is 1.15 bits per heavy atom. The van der Waals surface area contributed by atoms with Gasteiger partial charge in [0.05, 0.1) is 27.4 Å². The molecule has 1 aromatic carbocycles. The molecule has 11 nitrogen and oxygen atoms in total. The molecule has 1 aromatic rings. The number of aliphatic carboxylic acids is 2. The molecule has 0 bridgehead atoms. The van der Waals surface area contributed by atoms with Crippen LogP contribution in [0.5, 0.6) is 11.5 Å². The quantitative estimate of drug-likeness (QED) is 0.368. The van der Waals surface area contributed by atoms with Gasteiger partial charge in [-0.05, 0) is 30.2 Å². The molecule has 3 rings (SSSR count). The Bertz CT molecular complexity index is 784. The van der Waals surface area contributed by atoms with E-state index < -0.39 is 11.9 Å². The number of aliphatic hydroxyl groups excluding tert-OH is 1. The smallest absolute Gasteiger partial charge is 0.300 e. The number of benzene rings is 1. The number of nitrogens with one attached hydrogen (secondary N) is 2. The van der Waals surface area contributed by atoms with E-state index in [-0.39, 0.29) is 17.9 Å². The van der Waals surface area contributed by atoms with Crippen molar-refractivity contribution in [1.29, 1.82) is 0 Å². The fraction of sp³-hybridized carbons (Fsp3) is 0.591. The molecule has 0 spiro atoms. The number of likely N-dealkylation sites (tertiary alicyclic amines) is 1. The molecule has 0 aliphatic carbocycles. The molecule has 2 fully saturated rings. The first-order valence-corrected chi connectivity index (χ1v) is 10.5. The summed E-state index contributed by atoms with van der Waals surface area (Å²) < 4.78 is 10.5. The topological polar surface area (TPSA) is 158 Å². The van der Waals surface area contributed by atoms with E-state index in [1.165, 1.54) is 0 Å². The summed E-state index contributed by atoms with van der Waals surface area (Å²) in [5, 5.41) is 30.9. The van der Waals surface area contributed by atoms with Crippen LogP contribution in [0, 0.1) is 11.3 Å². The number of rotatable bonds is 7. The summed E-state index contributed by atoms with van der Waals surface area (Å²) in [7, 11) is 3.19. The van der Waals surface area contributed by atoms with Crippen molar-refractivity contribution < 1.29 is 39.2 Å². The first kappa shape index (κ1) is 28.1. The average Bonchev–Trinajstić information content (AvgIpc) is 3.28. The van der Waals surface area contributed by atoms with Crippen LogP contribution < -0.4 is 20.1 Å². The molecule has 33 heavy (non-hydrogen) atoms. The number of hydrogen-bond acceptors (Lipinski definition) is 8. The van der Waals surface area contributed by atoms with Gasteiger partial charge in [0.1, 0.15) is 0 Å². The maximum Gasteiger partial charge on any atom is 0.300 e. The van der Waals surface area contributed by atoms with Crippen LogP contribution in [0.25, 0.3) is 0 Å². The Labute approximate surface area is 193 Å². The number of nitrogens with zero attached hydrogens (tertiary/aromatic N) is 1. The number of aliphatic hydroxyl groups is 1. The lowest BCUT2D eigenvalue weighted by Crippen LogP contribution is -2.40. The highest BCUT2D eigenvalue weighted by molar-refractivity contribution is 5.78. The van der Waals surface area contributed by atoms with E-state index in [4.69, 9.17) is 29.3 Å². The minimum atomic E-state index is -0.833. The number of carbonyl (C=O) groups is 3. The zero-order valence-electron chi connectivity index (χ0n) is 19.6. The fourth-order valence-corrected chi connectivity index (χ4v) is 3.93. The predicted octanol–water partition coefficient (Wildman–Crippen LogP) is 0.0155. The van der Waals surface area contributed by atoms with Crippen molar-refractivity contribution in [3.8, 4) is 11.5 Å². The number of hydrogen-bond donors (Lipinski definition) is 5. The van der Waals surface area contributed by atoms with Gasteiger partial charge < -0.3 is 35.4 Å². The number of amides is 1. The van der Waals surface area contributed by atoms with Crippen molar-refractivity contribution >= 4 is 17.8 Å². The summed E-state index contributed by atoms with van der Waals surface area (Å²) >= 11 is 0. The lowest BCUT2D eigenvalue weighted by atomic mass is 9.82. The van der Waals surface area contributed by atoms with E-state index in [0.29, 0.717) is 30.5 Å². The van der Waals surface area contributed by atoms with E-state index >= 15 is 0 Å².